The van der Waals surface area contributed by atoms with Crippen LogP contribution in [0.25, 0.3) is 0 Å². The van der Waals surface area contributed by atoms with Gasteiger partial charge in [-0.2, -0.15) is 0 Å². The fraction of sp³-hybridized carbons (Fsp3) is 0.650. The van der Waals surface area contributed by atoms with E-state index in [0.717, 1.165) is 50.4 Å². The van der Waals surface area contributed by atoms with Gasteiger partial charge in [0.05, 0.1) is 25.7 Å². The van der Waals surface area contributed by atoms with Gasteiger partial charge in [-0.15, -0.1) is 0 Å². The Balaban J connectivity index is 1.91. The summed E-state index contributed by atoms with van der Waals surface area (Å²) >= 11 is 0. The Morgan fingerprint density at radius 1 is 1.30 bits per heavy atom. The van der Waals surface area contributed by atoms with Crippen LogP contribution in [0.1, 0.15) is 45.6 Å². The summed E-state index contributed by atoms with van der Waals surface area (Å²) in [7, 11) is 0. The zero-order chi connectivity index (χ0) is 19.5. The van der Waals surface area contributed by atoms with Crippen LogP contribution in [0.15, 0.2) is 23.3 Å². The molecule has 0 radical (unpaired) electrons. The number of carbonyl (C=O) groups excluding carboxylic acids is 1. The first-order valence-electron chi connectivity index (χ1n) is 9.95. The number of pyridine rings is 1. The standard InChI is InChI=1S/C20H32N4O3/c1-4-13-27-18-8-7-16(14-22-18)15-23-20(21-5-2)24-11-9-17(10-12-24)19(25)26-6-3/h7-8,14,17H,4-6,9-13,15H2,1-3H3,(H,21,23). The molecule has 0 atom stereocenters. The fourth-order valence-corrected chi connectivity index (χ4v) is 2.98. The molecule has 0 bridgehead atoms. The number of hydrogen-bond donors (Lipinski definition) is 1. The second-order valence-corrected chi connectivity index (χ2v) is 6.54. The number of aromatic nitrogens is 1. The Morgan fingerprint density at radius 2 is 2.07 bits per heavy atom. The van der Waals surface area contributed by atoms with E-state index in [4.69, 9.17) is 14.5 Å². The van der Waals surface area contributed by atoms with Gasteiger partial charge in [0.25, 0.3) is 0 Å². The van der Waals surface area contributed by atoms with E-state index in [2.05, 4.69) is 29.0 Å². The molecule has 1 saturated heterocycles. The lowest BCUT2D eigenvalue weighted by Crippen LogP contribution is -2.46. The molecule has 1 aliphatic heterocycles. The molecule has 2 heterocycles. The largest absolute Gasteiger partial charge is 0.478 e. The van der Waals surface area contributed by atoms with E-state index in [0.29, 0.717) is 25.6 Å². The van der Waals surface area contributed by atoms with E-state index in [9.17, 15) is 4.79 Å². The summed E-state index contributed by atoms with van der Waals surface area (Å²) in [4.78, 5) is 23.2. The maximum absolute atomic E-state index is 11.9. The number of guanidine groups is 1. The lowest BCUT2D eigenvalue weighted by molar-refractivity contribution is -0.149. The van der Waals surface area contributed by atoms with Gasteiger partial charge in [-0.05, 0) is 38.7 Å². The van der Waals surface area contributed by atoms with E-state index in [1.165, 1.54) is 0 Å². The van der Waals surface area contributed by atoms with Gasteiger partial charge in [-0.25, -0.2) is 9.98 Å². The van der Waals surface area contributed by atoms with Crippen molar-refractivity contribution in [2.75, 3.05) is 32.8 Å². The van der Waals surface area contributed by atoms with Gasteiger partial charge < -0.3 is 19.7 Å². The molecule has 1 aliphatic rings. The van der Waals surface area contributed by atoms with Gasteiger partial charge in [0.2, 0.25) is 5.88 Å². The van der Waals surface area contributed by atoms with Gasteiger partial charge in [0, 0.05) is 31.9 Å². The molecular formula is C20H32N4O3. The van der Waals surface area contributed by atoms with Crippen LogP contribution in [0.5, 0.6) is 5.88 Å². The molecule has 7 nitrogen and oxygen atoms in total. The number of hydrogen-bond acceptors (Lipinski definition) is 5. The molecule has 27 heavy (non-hydrogen) atoms. The molecule has 0 spiro atoms. The van der Waals surface area contributed by atoms with Gasteiger partial charge in [-0.3, -0.25) is 4.79 Å². The molecule has 0 aliphatic carbocycles. The Bertz CT molecular complexity index is 596. The predicted molar refractivity (Wildman–Crippen MR) is 106 cm³/mol. The lowest BCUT2D eigenvalue weighted by Gasteiger charge is -2.33. The number of esters is 1. The van der Waals surface area contributed by atoms with Crippen LogP contribution in [0, 0.1) is 5.92 Å². The number of ether oxygens (including phenoxy) is 2. The SMILES string of the molecule is CCCOc1ccc(CN=C(NCC)N2CCC(C(=O)OCC)CC2)cn1. The maximum atomic E-state index is 11.9. The van der Waals surface area contributed by atoms with Crippen molar-refractivity contribution in [3.05, 3.63) is 23.9 Å². The summed E-state index contributed by atoms with van der Waals surface area (Å²) < 4.78 is 10.7. The van der Waals surface area contributed by atoms with Gasteiger partial charge in [0.1, 0.15) is 0 Å². The topological polar surface area (TPSA) is 76.0 Å². The van der Waals surface area contributed by atoms with Crippen LogP contribution < -0.4 is 10.1 Å². The third-order valence-electron chi connectivity index (χ3n) is 4.41. The van der Waals surface area contributed by atoms with E-state index >= 15 is 0 Å². The number of aliphatic imine (C=N–C) groups is 1. The highest BCUT2D eigenvalue weighted by molar-refractivity contribution is 5.80. The van der Waals surface area contributed by atoms with Gasteiger partial charge in [0.15, 0.2) is 5.96 Å². The number of carbonyl (C=O) groups is 1. The highest BCUT2D eigenvalue weighted by atomic mass is 16.5. The van der Waals surface area contributed by atoms with Crippen molar-refractivity contribution in [1.82, 2.24) is 15.2 Å². The Hall–Kier alpha value is -2.31. The molecule has 150 valence electrons. The van der Waals surface area contributed by atoms with Crippen LogP contribution in [0.3, 0.4) is 0 Å². The molecule has 1 aromatic rings. The average Bonchev–Trinajstić information content (AvgIpc) is 2.70. The molecular weight excluding hydrogens is 344 g/mol. The molecule has 0 aromatic carbocycles. The van der Waals surface area contributed by atoms with Crippen molar-refractivity contribution < 1.29 is 14.3 Å². The summed E-state index contributed by atoms with van der Waals surface area (Å²) in [6, 6.07) is 3.89. The number of piperidine rings is 1. The number of likely N-dealkylation sites (tertiary alicyclic amines) is 1. The van der Waals surface area contributed by atoms with Crippen molar-refractivity contribution >= 4 is 11.9 Å². The molecule has 2 rings (SSSR count). The summed E-state index contributed by atoms with van der Waals surface area (Å²) in [5, 5.41) is 3.35. The molecule has 1 aromatic heterocycles. The van der Waals surface area contributed by atoms with Crippen LogP contribution in [-0.2, 0) is 16.1 Å². The number of nitrogens with one attached hydrogen (secondary N) is 1. The highest BCUT2D eigenvalue weighted by Gasteiger charge is 2.27. The number of nitrogens with zero attached hydrogens (tertiary/aromatic N) is 3. The van der Waals surface area contributed by atoms with Crippen molar-refractivity contribution in [2.24, 2.45) is 10.9 Å². The van der Waals surface area contributed by atoms with Gasteiger partial charge in [-0.1, -0.05) is 13.0 Å². The Morgan fingerprint density at radius 3 is 2.67 bits per heavy atom. The fourth-order valence-electron chi connectivity index (χ4n) is 2.98. The Labute approximate surface area is 162 Å². The highest BCUT2D eigenvalue weighted by Crippen LogP contribution is 2.19. The second kappa shape index (κ2) is 11.4. The molecule has 0 saturated carbocycles. The van der Waals surface area contributed by atoms with Crippen LogP contribution in [0.4, 0.5) is 0 Å². The van der Waals surface area contributed by atoms with E-state index < -0.39 is 0 Å². The third-order valence-corrected chi connectivity index (χ3v) is 4.41. The van der Waals surface area contributed by atoms with Crippen LogP contribution >= 0.6 is 0 Å². The second-order valence-electron chi connectivity index (χ2n) is 6.54. The first-order chi connectivity index (χ1) is 13.2. The molecule has 1 fully saturated rings. The minimum atomic E-state index is -0.0736. The van der Waals surface area contributed by atoms with Crippen molar-refractivity contribution in [3.63, 3.8) is 0 Å². The third kappa shape index (κ3) is 6.73. The van der Waals surface area contributed by atoms with Crippen molar-refractivity contribution in [3.8, 4) is 5.88 Å². The molecule has 1 N–H and O–H groups in total. The quantitative estimate of drug-likeness (QED) is 0.427. The van der Waals surface area contributed by atoms with E-state index in [1.807, 2.05) is 25.3 Å². The first-order valence-corrected chi connectivity index (χ1v) is 9.95. The molecule has 0 amide bonds. The monoisotopic (exact) mass is 376 g/mol. The first kappa shape index (κ1) is 21.0. The summed E-state index contributed by atoms with van der Waals surface area (Å²) in [6.45, 7) is 10.1. The zero-order valence-corrected chi connectivity index (χ0v) is 16.7. The van der Waals surface area contributed by atoms with Crippen molar-refractivity contribution in [2.45, 2.75) is 46.6 Å². The minimum Gasteiger partial charge on any atom is -0.478 e. The van der Waals surface area contributed by atoms with Crippen molar-refractivity contribution in [1.29, 1.82) is 0 Å². The summed E-state index contributed by atoms with van der Waals surface area (Å²) in [6.07, 6.45) is 4.38. The predicted octanol–water partition coefficient (Wildman–Crippen LogP) is 2.61. The minimum absolute atomic E-state index is 0.00365. The average molecular weight is 377 g/mol. The zero-order valence-electron chi connectivity index (χ0n) is 16.7. The maximum Gasteiger partial charge on any atom is 0.309 e. The van der Waals surface area contributed by atoms with Crippen LogP contribution in [0.2, 0.25) is 0 Å². The van der Waals surface area contributed by atoms with Crippen LogP contribution in [-0.4, -0.2) is 54.7 Å². The van der Waals surface area contributed by atoms with Gasteiger partial charge >= 0.3 is 5.97 Å². The normalized spacial score (nSPS) is 15.5. The Kier molecular flexibility index (Phi) is 8.87. The van der Waals surface area contributed by atoms with E-state index in [1.54, 1.807) is 0 Å². The summed E-state index contributed by atoms with van der Waals surface area (Å²) in [5.41, 5.74) is 1.04. The molecule has 7 heteroatoms. The lowest BCUT2D eigenvalue weighted by atomic mass is 9.97. The molecule has 0 unspecified atom stereocenters. The smallest absolute Gasteiger partial charge is 0.309 e. The number of rotatable bonds is 8. The van der Waals surface area contributed by atoms with E-state index in [-0.39, 0.29) is 11.9 Å². The summed E-state index contributed by atoms with van der Waals surface area (Å²) in [5.74, 6) is 1.46.